The van der Waals surface area contributed by atoms with E-state index < -0.39 is 5.97 Å². The van der Waals surface area contributed by atoms with Gasteiger partial charge in [-0.15, -0.1) is 0 Å². The molecule has 0 aliphatic carbocycles. The Morgan fingerprint density at radius 2 is 1.85 bits per heavy atom. The number of Topliss-reactive ketones (excluding diaryl/α,β-unsaturated/α-hetero) is 1. The van der Waals surface area contributed by atoms with E-state index in [1.165, 1.54) is 25.3 Å². The zero-order valence-electron chi connectivity index (χ0n) is 14.3. The van der Waals surface area contributed by atoms with Crippen molar-refractivity contribution >= 4 is 34.9 Å². The number of methoxy groups -OCH3 is 1. The molecule has 136 valence electrons. The van der Waals surface area contributed by atoms with Crippen LogP contribution >= 0.6 is 11.6 Å². The Morgan fingerprint density at radius 3 is 2.50 bits per heavy atom. The Balaban J connectivity index is 2.03. The molecular weight excluding hydrogens is 358 g/mol. The van der Waals surface area contributed by atoms with E-state index in [0.717, 1.165) is 5.56 Å². The van der Waals surface area contributed by atoms with Crippen molar-refractivity contribution in [2.45, 2.75) is 19.8 Å². The highest BCUT2D eigenvalue weighted by molar-refractivity contribution is 6.31. The van der Waals surface area contributed by atoms with Crippen LogP contribution in [0.4, 0.5) is 5.69 Å². The molecule has 6 nitrogen and oxygen atoms in total. The van der Waals surface area contributed by atoms with Crippen LogP contribution in [0.1, 0.15) is 39.1 Å². The van der Waals surface area contributed by atoms with Crippen LogP contribution in [-0.4, -0.2) is 29.9 Å². The molecule has 0 unspecified atom stereocenters. The fourth-order valence-electron chi connectivity index (χ4n) is 2.36. The van der Waals surface area contributed by atoms with Gasteiger partial charge in [0.25, 0.3) is 0 Å². The second-order valence-electron chi connectivity index (χ2n) is 5.65. The Morgan fingerprint density at radius 1 is 1.12 bits per heavy atom. The van der Waals surface area contributed by atoms with E-state index in [9.17, 15) is 14.4 Å². The topological polar surface area (TPSA) is 92.7 Å². The SMILES string of the molecule is COc1ccc(Cl)cc1C(=O)CCC(=O)Nc1cc(C(=O)O)ccc1C. The third-order valence-electron chi connectivity index (χ3n) is 3.80. The molecule has 0 atom stereocenters. The maximum atomic E-state index is 12.3. The van der Waals surface area contributed by atoms with E-state index in [1.54, 1.807) is 25.1 Å². The number of ether oxygens (including phenoxy) is 1. The van der Waals surface area contributed by atoms with Crippen molar-refractivity contribution in [1.29, 1.82) is 0 Å². The standard InChI is InChI=1S/C19H18ClNO5/c1-11-3-4-12(19(24)25)9-15(11)21-18(23)8-6-16(22)14-10-13(20)5-7-17(14)26-2/h3-5,7,9-10H,6,8H2,1-2H3,(H,21,23)(H,24,25). The maximum absolute atomic E-state index is 12.3. The second-order valence-corrected chi connectivity index (χ2v) is 6.09. The lowest BCUT2D eigenvalue weighted by Gasteiger charge is -2.10. The van der Waals surface area contributed by atoms with Crippen LogP contribution in [0.15, 0.2) is 36.4 Å². The number of carboxylic acid groups (broad SMARTS) is 1. The van der Waals surface area contributed by atoms with Crippen molar-refractivity contribution in [2.75, 3.05) is 12.4 Å². The van der Waals surface area contributed by atoms with Crippen molar-refractivity contribution in [3.63, 3.8) is 0 Å². The number of halogens is 1. The summed E-state index contributed by atoms with van der Waals surface area (Å²) in [6.45, 7) is 1.75. The maximum Gasteiger partial charge on any atom is 0.335 e. The smallest absolute Gasteiger partial charge is 0.335 e. The molecule has 0 aliphatic heterocycles. The summed E-state index contributed by atoms with van der Waals surface area (Å²) in [5.41, 5.74) is 1.52. The van der Waals surface area contributed by atoms with Crippen LogP contribution in [0.25, 0.3) is 0 Å². The first-order chi connectivity index (χ1) is 12.3. The Bertz CT molecular complexity index is 863. The quantitative estimate of drug-likeness (QED) is 0.714. The number of anilines is 1. The average Bonchev–Trinajstić information content (AvgIpc) is 2.61. The van der Waals surface area contributed by atoms with Gasteiger partial charge in [0.15, 0.2) is 5.78 Å². The van der Waals surface area contributed by atoms with Gasteiger partial charge in [-0.2, -0.15) is 0 Å². The minimum absolute atomic E-state index is 0.0276. The van der Waals surface area contributed by atoms with E-state index in [1.807, 2.05) is 0 Å². The lowest BCUT2D eigenvalue weighted by Crippen LogP contribution is -2.15. The minimum Gasteiger partial charge on any atom is -0.496 e. The molecule has 2 aromatic carbocycles. The summed E-state index contributed by atoms with van der Waals surface area (Å²) in [6, 6.07) is 9.17. The molecule has 0 saturated heterocycles. The Hall–Kier alpha value is -2.86. The third kappa shape index (κ3) is 4.83. The summed E-state index contributed by atoms with van der Waals surface area (Å²) in [7, 11) is 1.45. The van der Waals surface area contributed by atoms with Crippen LogP contribution in [0, 0.1) is 6.92 Å². The molecule has 0 saturated carbocycles. The predicted molar refractivity (Wildman–Crippen MR) is 98.3 cm³/mol. The van der Waals surface area contributed by atoms with E-state index in [0.29, 0.717) is 22.0 Å². The summed E-state index contributed by atoms with van der Waals surface area (Å²) < 4.78 is 5.14. The molecule has 0 fully saturated rings. The molecule has 2 rings (SSSR count). The lowest BCUT2D eigenvalue weighted by atomic mass is 10.0. The van der Waals surface area contributed by atoms with E-state index >= 15 is 0 Å². The highest BCUT2D eigenvalue weighted by Crippen LogP contribution is 2.24. The normalized spacial score (nSPS) is 10.3. The zero-order chi connectivity index (χ0) is 19.3. The monoisotopic (exact) mass is 375 g/mol. The number of ketones is 1. The number of carbonyl (C=O) groups is 3. The number of amides is 1. The molecule has 0 radical (unpaired) electrons. The number of aryl methyl sites for hydroxylation is 1. The minimum atomic E-state index is -1.08. The fraction of sp³-hybridized carbons (Fsp3) is 0.211. The number of benzene rings is 2. The molecule has 2 aromatic rings. The molecule has 0 aliphatic rings. The average molecular weight is 376 g/mol. The highest BCUT2D eigenvalue weighted by Gasteiger charge is 2.15. The third-order valence-corrected chi connectivity index (χ3v) is 4.03. The first kappa shape index (κ1) is 19.5. The van der Waals surface area contributed by atoms with Gasteiger partial charge in [0.2, 0.25) is 5.91 Å². The first-order valence-electron chi connectivity index (χ1n) is 7.82. The Labute approximate surface area is 155 Å². The van der Waals surface area contributed by atoms with E-state index in [4.69, 9.17) is 21.4 Å². The van der Waals surface area contributed by atoms with Crippen LogP contribution in [-0.2, 0) is 4.79 Å². The van der Waals surface area contributed by atoms with Crippen molar-refractivity contribution in [1.82, 2.24) is 0 Å². The number of rotatable bonds is 7. The summed E-state index contributed by atoms with van der Waals surface area (Å²) in [5.74, 6) is -1.34. The van der Waals surface area contributed by atoms with Crippen molar-refractivity contribution in [2.24, 2.45) is 0 Å². The van der Waals surface area contributed by atoms with Gasteiger partial charge in [0.05, 0.1) is 18.2 Å². The molecule has 2 N–H and O–H groups in total. The molecule has 0 aromatic heterocycles. The van der Waals surface area contributed by atoms with Gasteiger partial charge in [-0.1, -0.05) is 17.7 Å². The first-order valence-corrected chi connectivity index (χ1v) is 8.20. The molecule has 0 heterocycles. The number of carbonyl (C=O) groups excluding carboxylic acids is 2. The number of hydrogen-bond donors (Lipinski definition) is 2. The number of aromatic carboxylic acids is 1. The Kier molecular flexibility index (Phi) is 6.36. The number of hydrogen-bond acceptors (Lipinski definition) is 4. The molecule has 1 amide bonds. The molecule has 26 heavy (non-hydrogen) atoms. The van der Waals surface area contributed by atoms with Gasteiger partial charge in [0, 0.05) is 23.6 Å². The predicted octanol–water partition coefficient (Wildman–Crippen LogP) is 3.96. The van der Waals surface area contributed by atoms with Gasteiger partial charge in [-0.3, -0.25) is 9.59 Å². The molecule has 0 spiro atoms. The summed E-state index contributed by atoms with van der Waals surface area (Å²) >= 11 is 5.91. The summed E-state index contributed by atoms with van der Waals surface area (Å²) in [6.07, 6.45) is -0.0779. The highest BCUT2D eigenvalue weighted by atomic mass is 35.5. The van der Waals surface area contributed by atoms with Gasteiger partial charge in [-0.05, 0) is 42.8 Å². The van der Waals surface area contributed by atoms with Crippen LogP contribution in [0.3, 0.4) is 0 Å². The molecule has 7 heteroatoms. The zero-order valence-corrected chi connectivity index (χ0v) is 15.1. The van der Waals surface area contributed by atoms with Gasteiger partial charge in [-0.25, -0.2) is 4.79 Å². The van der Waals surface area contributed by atoms with Crippen LogP contribution < -0.4 is 10.1 Å². The van der Waals surface area contributed by atoms with Gasteiger partial charge < -0.3 is 15.2 Å². The number of nitrogens with one attached hydrogen (secondary N) is 1. The van der Waals surface area contributed by atoms with E-state index in [-0.39, 0.29) is 30.1 Å². The van der Waals surface area contributed by atoms with Gasteiger partial charge in [0.1, 0.15) is 5.75 Å². The van der Waals surface area contributed by atoms with Crippen LogP contribution in [0.2, 0.25) is 5.02 Å². The largest absolute Gasteiger partial charge is 0.496 e. The van der Waals surface area contributed by atoms with Crippen LogP contribution in [0.5, 0.6) is 5.75 Å². The van der Waals surface area contributed by atoms with Gasteiger partial charge >= 0.3 is 5.97 Å². The number of carboxylic acids is 1. The van der Waals surface area contributed by atoms with Crippen molar-refractivity contribution in [3.05, 3.63) is 58.1 Å². The second kappa shape index (κ2) is 8.49. The van der Waals surface area contributed by atoms with Crippen molar-refractivity contribution in [3.8, 4) is 5.75 Å². The fourth-order valence-corrected chi connectivity index (χ4v) is 2.53. The van der Waals surface area contributed by atoms with Crippen molar-refractivity contribution < 1.29 is 24.2 Å². The summed E-state index contributed by atoms with van der Waals surface area (Å²) in [4.78, 5) is 35.5. The molecule has 0 bridgehead atoms. The van der Waals surface area contributed by atoms with E-state index in [2.05, 4.69) is 5.32 Å². The summed E-state index contributed by atoms with van der Waals surface area (Å²) in [5, 5.41) is 12.1. The molecular formula is C19H18ClNO5. The lowest BCUT2D eigenvalue weighted by molar-refractivity contribution is -0.116.